The Balaban J connectivity index is 1.47. The number of hydrogen-bond acceptors (Lipinski definition) is 6. The van der Waals surface area contributed by atoms with Crippen molar-refractivity contribution in [2.75, 3.05) is 26.2 Å². The average molecular weight is 362 g/mol. The minimum absolute atomic E-state index is 0.00259. The average Bonchev–Trinajstić information content (AvgIpc) is 3.30. The fourth-order valence-electron chi connectivity index (χ4n) is 2.78. The van der Waals surface area contributed by atoms with Gasteiger partial charge in [0.15, 0.2) is 0 Å². The summed E-state index contributed by atoms with van der Waals surface area (Å²) < 4.78 is 5.22. The van der Waals surface area contributed by atoms with Crippen LogP contribution in [0.5, 0.6) is 0 Å². The number of carbonyl (C=O) groups excluding carboxylic acids is 2. The molecule has 0 aliphatic carbocycles. The van der Waals surface area contributed by atoms with E-state index in [1.165, 1.54) is 0 Å². The van der Waals surface area contributed by atoms with E-state index < -0.39 is 0 Å². The van der Waals surface area contributed by atoms with Crippen molar-refractivity contribution >= 4 is 23.2 Å². The van der Waals surface area contributed by atoms with Gasteiger partial charge in [-0.3, -0.25) is 9.59 Å². The van der Waals surface area contributed by atoms with Gasteiger partial charge < -0.3 is 14.3 Å². The molecule has 7 nitrogen and oxygen atoms in total. The van der Waals surface area contributed by atoms with Crippen molar-refractivity contribution in [3.8, 4) is 11.4 Å². The standard InChI is InChI=1S/C17H22N4O3S/c1-12(2)17(23)21-8-6-20(7-9-21)15(22)4-3-14-18-16(19-24-14)13-5-10-25-11-13/h5,10-12H,3-4,6-9H2,1-2H3. The van der Waals surface area contributed by atoms with Crippen molar-refractivity contribution in [3.63, 3.8) is 0 Å². The first-order valence-corrected chi connectivity index (χ1v) is 9.40. The second-order valence-corrected chi connectivity index (χ2v) is 7.16. The zero-order valence-electron chi connectivity index (χ0n) is 14.5. The van der Waals surface area contributed by atoms with Crippen molar-refractivity contribution in [1.82, 2.24) is 19.9 Å². The molecule has 0 saturated carbocycles. The van der Waals surface area contributed by atoms with Gasteiger partial charge in [0, 0.05) is 55.9 Å². The van der Waals surface area contributed by atoms with Crippen LogP contribution in [-0.4, -0.2) is 57.9 Å². The molecule has 1 fully saturated rings. The normalized spacial score (nSPS) is 15.0. The van der Waals surface area contributed by atoms with E-state index in [9.17, 15) is 9.59 Å². The van der Waals surface area contributed by atoms with E-state index in [1.54, 1.807) is 16.2 Å². The summed E-state index contributed by atoms with van der Waals surface area (Å²) in [5, 5.41) is 7.86. The Morgan fingerprint density at radius 1 is 1.24 bits per heavy atom. The first-order chi connectivity index (χ1) is 12.0. The number of aromatic nitrogens is 2. The Morgan fingerprint density at radius 2 is 1.96 bits per heavy atom. The Morgan fingerprint density at radius 3 is 2.60 bits per heavy atom. The molecular weight excluding hydrogens is 340 g/mol. The van der Waals surface area contributed by atoms with E-state index in [2.05, 4.69) is 10.1 Å². The molecule has 0 unspecified atom stereocenters. The Kier molecular flexibility index (Phi) is 5.47. The first-order valence-electron chi connectivity index (χ1n) is 8.46. The molecule has 0 radical (unpaired) electrons. The Labute approximate surface area is 150 Å². The first kappa shape index (κ1) is 17.6. The van der Waals surface area contributed by atoms with Crippen LogP contribution in [0.2, 0.25) is 0 Å². The van der Waals surface area contributed by atoms with E-state index in [1.807, 2.05) is 35.6 Å². The Bertz CT molecular complexity index is 718. The van der Waals surface area contributed by atoms with E-state index >= 15 is 0 Å². The minimum atomic E-state index is -0.00259. The third-order valence-electron chi connectivity index (χ3n) is 4.24. The molecule has 0 atom stereocenters. The maximum atomic E-state index is 12.4. The van der Waals surface area contributed by atoms with Crippen molar-refractivity contribution in [3.05, 3.63) is 22.7 Å². The summed E-state index contributed by atoms with van der Waals surface area (Å²) in [7, 11) is 0. The fraction of sp³-hybridized carbons (Fsp3) is 0.529. The van der Waals surface area contributed by atoms with Crippen LogP contribution in [0.15, 0.2) is 21.3 Å². The van der Waals surface area contributed by atoms with Gasteiger partial charge in [-0.1, -0.05) is 19.0 Å². The summed E-state index contributed by atoms with van der Waals surface area (Å²) in [4.78, 5) is 32.3. The number of carbonyl (C=O) groups is 2. The number of thiophene rings is 1. The lowest BCUT2D eigenvalue weighted by Crippen LogP contribution is -2.51. The molecule has 0 spiro atoms. The molecule has 0 aromatic carbocycles. The smallest absolute Gasteiger partial charge is 0.227 e. The molecule has 0 N–H and O–H groups in total. The molecule has 25 heavy (non-hydrogen) atoms. The van der Waals surface area contributed by atoms with Crippen LogP contribution < -0.4 is 0 Å². The molecule has 3 heterocycles. The highest BCUT2D eigenvalue weighted by molar-refractivity contribution is 7.08. The van der Waals surface area contributed by atoms with Gasteiger partial charge in [-0.15, -0.1) is 0 Å². The SMILES string of the molecule is CC(C)C(=O)N1CCN(C(=O)CCc2nc(-c3ccsc3)no2)CC1. The molecule has 8 heteroatoms. The summed E-state index contributed by atoms with van der Waals surface area (Å²) in [6, 6.07) is 1.93. The summed E-state index contributed by atoms with van der Waals surface area (Å²) in [5.41, 5.74) is 0.928. The van der Waals surface area contributed by atoms with Gasteiger partial charge >= 0.3 is 0 Å². The molecular formula is C17H22N4O3S. The number of nitrogens with zero attached hydrogens (tertiary/aromatic N) is 4. The molecule has 2 aromatic rings. The summed E-state index contributed by atoms with van der Waals surface area (Å²) in [5.74, 6) is 1.25. The predicted octanol–water partition coefficient (Wildman–Crippen LogP) is 2.06. The van der Waals surface area contributed by atoms with Crippen LogP contribution in [0.1, 0.15) is 26.2 Å². The number of piperazine rings is 1. The maximum absolute atomic E-state index is 12.4. The topological polar surface area (TPSA) is 79.5 Å². The molecule has 1 saturated heterocycles. The van der Waals surface area contributed by atoms with Crippen LogP contribution in [-0.2, 0) is 16.0 Å². The van der Waals surface area contributed by atoms with Crippen molar-refractivity contribution < 1.29 is 14.1 Å². The summed E-state index contributed by atoms with van der Waals surface area (Å²) in [6.45, 7) is 6.17. The highest BCUT2D eigenvalue weighted by Gasteiger charge is 2.25. The second kappa shape index (κ2) is 7.77. The van der Waals surface area contributed by atoms with Crippen LogP contribution in [0.25, 0.3) is 11.4 Å². The lowest BCUT2D eigenvalue weighted by molar-refractivity contribution is -0.141. The largest absolute Gasteiger partial charge is 0.339 e. The third kappa shape index (κ3) is 4.25. The molecule has 3 rings (SSSR count). The molecule has 2 aromatic heterocycles. The molecule has 1 aliphatic rings. The van der Waals surface area contributed by atoms with E-state index in [0.717, 1.165) is 5.56 Å². The van der Waals surface area contributed by atoms with Gasteiger partial charge in [0.2, 0.25) is 23.5 Å². The van der Waals surface area contributed by atoms with Crippen molar-refractivity contribution in [1.29, 1.82) is 0 Å². The zero-order chi connectivity index (χ0) is 17.8. The van der Waals surface area contributed by atoms with Crippen LogP contribution in [0.4, 0.5) is 0 Å². The molecule has 1 aliphatic heterocycles. The quantitative estimate of drug-likeness (QED) is 0.813. The molecule has 134 valence electrons. The fourth-order valence-corrected chi connectivity index (χ4v) is 3.41. The van der Waals surface area contributed by atoms with Crippen LogP contribution in [0, 0.1) is 5.92 Å². The lowest BCUT2D eigenvalue weighted by Gasteiger charge is -2.35. The van der Waals surface area contributed by atoms with Gasteiger partial charge in [-0.2, -0.15) is 16.3 Å². The van der Waals surface area contributed by atoms with E-state index in [-0.39, 0.29) is 17.7 Å². The summed E-state index contributed by atoms with van der Waals surface area (Å²) in [6.07, 6.45) is 0.768. The van der Waals surface area contributed by atoms with E-state index in [4.69, 9.17) is 4.52 Å². The minimum Gasteiger partial charge on any atom is -0.339 e. The highest BCUT2D eigenvalue weighted by Crippen LogP contribution is 2.19. The van der Waals surface area contributed by atoms with Gasteiger partial charge in [0.05, 0.1) is 0 Å². The number of amides is 2. The molecule has 2 amide bonds. The van der Waals surface area contributed by atoms with Crippen molar-refractivity contribution in [2.45, 2.75) is 26.7 Å². The van der Waals surface area contributed by atoms with Gasteiger partial charge in [-0.25, -0.2) is 0 Å². The maximum Gasteiger partial charge on any atom is 0.227 e. The zero-order valence-corrected chi connectivity index (χ0v) is 15.3. The van der Waals surface area contributed by atoms with E-state index in [0.29, 0.717) is 50.7 Å². The number of aryl methyl sites for hydroxylation is 1. The van der Waals surface area contributed by atoms with Crippen LogP contribution >= 0.6 is 11.3 Å². The number of hydrogen-bond donors (Lipinski definition) is 0. The lowest BCUT2D eigenvalue weighted by atomic mass is 10.1. The van der Waals surface area contributed by atoms with Crippen LogP contribution in [0.3, 0.4) is 0 Å². The Hall–Kier alpha value is -2.22. The molecule has 0 bridgehead atoms. The van der Waals surface area contributed by atoms with Gasteiger partial charge in [0.25, 0.3) is 0 Å². The van der Waals surface area contributed by atoms with Gasteiger partial charge in [-0.05, 0) is 11.4 Å². The third-order valence-corrected chi connectivity index (χ3v) is 4.92. The second-order valence-electron chi connectivity index (χ2n) is 6.38. The predicted molar refractivity (Wildman–Crippen MR) is 93.9 cm³/mol. The van der Waals surface area contributed by atoms with Crippen molar-refractivity contribution in [2.24, 2.45) is 5.92 Å². The number of rotatable bonds is 5. The monoisotopic (exact) mass is 362 g/mol. The highest BCUT2D eigenvalue weighted by atomic mass is 32.1. The summed E-state index contributed by atoms with van der Waals surface area (Å²) >= 11 is 1.57. The van der Waals surface area contributed by atoms with Gasteiger partial charge in [0.1, 0.15) is 0 Å².